The molecule has 0 spiro atoms. The Labute approximate surface area is 220 Å². The summed E-state index contributed by atoms with van der Waals surface area (Å²) in [7, 11) is 3.20. The van der Waals surface area contributed by atoms with Gasteiger partial charge in [0.2, 0.25) is 5.91 Å². The van der Waals surface area contributed by atoms with Crippen molar-refractivity contribution in [3.8, 4) is 11.5 Å². The molecule has 1 heterocycles. The lowest BCUT2D eigenvalue weighted by atomic mass is 9.88. The standard InChI is InChI=1S/C28H28ClN3O5/c1-36-21-9-10-24(23(29)18-21)30-28(33)12-8-19-7-11-25(26(17-19)32(34)35)31-15-13-20(14-16-31)22-5-3-4-6-27(22)37-2/h3-12,17-18,20H,13-16H2,1-2H3,(H,30,33)/b12-8-. The second-order valence-corrected chi connectivity index (χ2v) is 9.08. The summed E-state index contributed by atoms with van der Waals surface area (Å²) < 4.78 is 10.6. The molecule has 0 atom stereocenters. The molecule has 1 aliphatic heterocycles. The minimum atomic E-state index is -0.405. The third-order valence-corrected chi connectivity index (χ3v) is 6.78. The van der Waals surface area contributed by atoms with Crippen LogP contribution in [0.4, 0.5) is 17.1 Å². The van der Waals surface area contributed by atoms with Gasteiger partial charge in [0, 0.05) is 31.3 Å². The number of nitro groups is 1. The first-order valence-corrected chi connectivity index (χ1v) is 12.3. The van der Waals surface area contributed by atoms with Crippen LogP contribution >= 0.6 is 11.6 Å². The van der Waals surface area contributed by atoms with Gasteiger partial charge in [-0.05, 0) is 60.2 Å². The summed E-state index contributed by atoms with van der Waals surface area (Å²) in [5, 5.41) is 14.9. The van der Waals surface area contributed by atoms with Crippen molar-refractivity contribution in [1.29, 1.82) is 0 Å². The Morgan fingerprint density at radius 3 is 2.51 bits per heavy atom. The lowest BCUT2D eigenvalue weighted by molar-refractivity contribution is -0.384. The molecule has 0 aliphatic carbocycles. The number of hydrogen-bond donors (Lipinski definition) is 1. The smallest absolute Gasteiger partial charge is 0.293 e. The quantitative estimate of drug-likeness (QED) is 0.212. The van der Waals surface area contributed by atoms with Crippen molar-refractivity contribution >= 4 is 40.6 Å². The fourth-order valence-electron chi connectivity index (χ4n) is 4.56. The van der Waals surface area contributed by atoms with Gasteiger partial charge in [-0.1, -0.05) is 35.9 Å². The lowest BCUT2D eigenvalue weighted by Gasteiger charge is -2.34. The molecule has 8 nitrogen and oxygen atoms in total. The maximum absolute atomic E-state index is 12.4. The van der Waals surface area contributed by atoms with E-state index < -0.39 is 5.91 Å². The van der Waals surface area contributed by atoms with Crippen LogP contribution in [0.2, 0.25) is 5.02 Å². The Morgan fingerprint density at radius 1 is 1.08 bits per heavy atom. The Bertz CT molecular complexity index is 1320. The highest BCUT2D eigenvalue weighted by atomic mass is 35.5. The van der Waals surface area contributed by atoms with Crippen molar-refractivity contribution in [3.63, 3.8) is 0 Å². The summed E-state index contributed by atoms with van der Waals surface area (Å²) in [5.74, 6) is 1.39. The molecule has 3 aromatic carbocycles. The van der Waals surface area contributed by atoms with Gasteiger partial charge in [0.25, 0.3) is 5.69 Å². The molecule has 0 aromatic heterocycles. The molecule has 0 saturated carbocycles. The largest absolute Gasteiger partial charge is 0.497 e. The highest BCUT2D eigenvalue weighted by molar-refractivity contribution is 6.34. The molecule has 1 saturated heterocycles. The molecule has 0 radical (unpaired) electrons. The number of carbonyl (C=O) groups is 1. The Hall–Kier alpha value is -4.04. The number of amides is 1. The first-order chi connectivity index (χ1) is 17.9. The zero-order valence-electron chi connectivity index (χ0n) is 20.6. The summed E-state index contributed by atoms with van der Waals surface area (Å²) in [6, 6.07) is 18.0. The van der Waals surface area contributed by atoms with Crippen LogP contribution in [0, 0.1) is 10.1 Å². The molecule has 37 heavy (non-hydrogen) atoms. The minimum Gasteiger partial charge on any atom is -0.497 e. The molecule has 1 aliphatic rings. The minimum absolute atomic E-state index is 0.0106. The number of rotatable bonds is 8. The van der Waals surface area contributed by atoms with Crippen molar-refractivity contribution < 1.29 is 19.2 Å². The van der Waals surface area contributed by atoms with Crippen LogP contribution in [0.3, 0.4) is 0 Å². The van der Waals surface area contributed by atoms with E-state index in [0.717, 1.165) is 18.6 Å². The molecule has 3 aromatic rings. The summed E-state index contributed by atoms with van der Waals surface area (Å²) >= 11 is 6.17. The Balaban J connectivity index is 1.44. The van der Waals surface area contributed by atoms with Crippen LogP contribution < -0.4 is 19.7 Å². The summed E-state index contributed by atoms with van der Waals surface area (Å²) in [4.78, 5) is 25.9. The van der Waals surface area contributed by atoms with E-state index in [1.807, 2.05) is 18.2 Å². The van der Waals surface area contributed by atoms with Crippen LogP contribution in [0.15, 0.2) is 66.7 Å². The highest BCUT2D eigenvalue weighted by Gasteiger charge is 2.27. The first-order valence-electron chi connectivity index (χ1n) is 11.9. The van der Waals surface area contributed by atoms with Crippen LogP contribution in [0.1, 0.15) is 29.9 Å². The van der Waals surface area contributed by atoms with Crippen LogP contribution in [0.25, 0.3) is 6.08 Å². The number of methoxy groups -OCH3 is 2. The molecule has 192 valence electrons. The number of nitro benzene ring substituents is 1. The monoisotopic (exact) mass is 521 g/mol. The number of carbonyl (C=O) groups excluding carboxylic acids is 1. The van der Waals surface area contributed by atoms with Gasteiger partial charge in [0.15, 0.2) is 0 Å². The first kappa shape index (κ1) is 26.0. The van der Waals surface area contributed by atoms with Gasteiger partial charge in [0.05, 0.1) is 29.9 Å². The average molecular weight is 522 g/mol. The van der Waals surface area contributed by atoms with Gasteiger partial charge in [0.1, 0.15) is 17.2 Å². The summed E-state index contributed by atoms with van der Waals surface area (Å²) in [6.07, 6.45) is 4.59. The molecule has 0 bridgehead atoms. The molecule has 9 heteroatoms. The normalized spacial score (nSPS) is 14.0. The number of ether oxygens (including phenoxy) is 2. The number of nitrogens with one attached hydrogen (secondary N) is 1. The van der Waals surface area contributed by atoms with Crippen molar-refractivity contribution in [2.24, 2.45) is 0 Å². The van der Waals surface area contributed by atoms with Gasteiger partial charge in [-0.3, -0.25) is 14.9 Å². The average Bonchev–Trinajstić information content (AvgIpc) is 2.93. The van der Waals surface area contributed by atoms with Crippen molar-refractivity contribution in [2.75, 3.05) is 37.5 Å². The number of anilines is 2. The molecule has 0 unspecified atom stereocenters. The van der Waals surface area contributed by atoms with E-state index in [0.29, 0.717) is 46.7 Å². The van der Waals surface area contributed by atoms with Crippen molar-refractivity contribution in [1.82, 2.24) is 0 Å². The Morgan fingerprint density at radius 2 is 1.84 bits per heavy atom. The van der Waals surface area contributed by atoms with E-state index in [9.17, 15) is 14.9 Å². The SMILES string of the molecule is COc1ccc(NC(=O)/C=C\c2ccc(N3CCC(c4ccccc4OC)CC3)c([N+](=O)[O-])c2)c(Cl)c1. The highest BCUT2D eigenvalue weighted by Crippen LogP contribution is 2.38. The molecular formula is C28H28ClN3O5. The maximum atomic E-state index is 12.4. The number of nitrogens with zero attached hydrogens (tertiary/aromatic N) is 2. The topological polar surface area (TPSA) is 93.9 Å². The van der Waals surface area contributed by atoms with Crippen molar-refractivity contribution in [3.05, 3.63) is 93.0 Å². The predicted molar refractivity (Wildman–Crippen MR) is 146 cm³/mol. The van der Waals surface area contributed by atoms with E-state index >= 15 is 0 Å². The lowest BCUT2D eigenvalue weighted by Crippen LogP contribution is -2.33. The van der Waals surface area contributed by atoms with E-state index in [-0.39, 0.29) is 10.6 Å². The third kappa shape index (κ3) is 6.21. The Kier molecular flexibility index (Phi) is 8.30. The van der Waals surface area contributed by atoms with E-state index in [1.165, 1.54) is 30.9 Å². The number of piperidine rings is 1. The zero-order valence-corrected chi connectivity index (χ0v) is 21.4. The zero-order chi connectivity index (χ0) is 26.4. The van der Waals surface area contributed by atoms with Crippen LogP contribution in [-0.2, 0) is 4.79 Å². The number of hydrogen-bond acceptors (Lipinski definition) is 6. The number of benzene rings is 3. The molecule has 1 fully saturated rings. The van der Waals surface area contributed by atoms with Gasteiger partial charge in [-0.2, -0.15) is 0 Å². The summed E-state index contributed by atoms with van der Waals surface area (Å²) in [6.45, 7) is 1.40. The molecule has 4 rings (SSSR count). The second-order valence-electron chi connectivity index (χ2n) is 8.68. The van der Waals surface area contributed by atoms with Gasteiger partial charge in [-0.25, -0.2) is 0 Å². The van der Waals surface area contributed by atoms with E-state index in [2.05, 4.69) is 16.3 Å². The predicted octanol–water partition coefficient (Wildman–Crippen LogP) is 6.30. The van der Waals surface area contributed by atoms with Gasteiger partial charge < -0.3 is 19.7 Å². The molecular weight excluding hydrogens is 494 g/mol. The fourth-order valence-corrected chi connectivity index (χ4v) is 4.78. The number of para-hydroxylation sites is 1. The molecule has 1 N–H and O–H groups in total. The fraction of sp³-hybridized carbons (Fsp3) is 0.250. The van der Waals surface area contributed by atoms with E-state index in [4.69, 9.17) is 21.1 Å². The van der Waals surface area contributed by atoms with Gasteiger partial charge in [-0.15, -0.1) is 0 Å². The summed E-state index contributed by atoms with van der Waals surface area (Å²) in [5.41, 5.74) is 2.76. The second kappa shape index (κ2) is 11.8. The van der Waals surface area contributed by atoms with Crippen LogP contribution in [-0.4, -0.2) is 38.1 Å². The van der Waals surface area contributed by atoms with Crippen molar-refractivity contribution in [2.45, 2.75) is 18.8 Å². The number of halogens is 1. The van der Waals surface area contributed by atoms with Crippen LogP contribution in [0.5, 0.6) is 11.5 Å². The maximum Gasteiger partial charge on any atom is 0.293 e. The van der Waals surface area contributed by atoms with Gasteiger partial charge >= 0.3 is 0 Å². The molecule has 1 amide bonds. The van der Waals surface area contributed by atoms with E-state index in [1.54, 1.807) is 37.4 Å². The third-order valence-electron chi connectivity index (χ3n) is 6.47.